The van der Waals surface area contributed by atoms with Gasteiger partial charge in [0.05, 0.1) is 11.7 Å². The van der Waals surface area contributed by atoms with Crippen LogP contribution in [0.1, 0.15) is 72.1 Å². The van der Waals surface area contributed by atoms with Gasteiger partial charge >= 0.3 is 0 Å². The smallest absolute Gasteiger partial charge is 0.0685 e. The van der Waals surface area contributed by atoms with E-state index in [0.717, 1.165) is 13.0 Å². The van der Waals surface area contributed by atoms with E-state index >= 15 is 0 Å². The Labute approximate surface area is 112 Å². The molecule has 1 spiro atoms. The van der Waals surface area contributed by atoms with Gasteiger partial charge in [-0.25, -0.2) is 0 Å². The van der Waals surface area contributed by atoms with Gasteiger partial charge in [-0.15, -0.1) is 0 Å². The van der Waals surface area contributed by atoms with Crippen molar-refractivity contribution in [3.8, 4) is 0 Å². The zero-order valence-corrected chi connectivity index (χ0v) is 12.4. The topological polar surface area (TPSA) is 29.5 Å². The van der Waals surface area contributed by atoms with Crippen LogP contribution in [0, 0.1) is 11.3 Å². The molecule has 0 radical (unpaired) electrons. The van der Waals surface area contributed by atoms with Gasteiger partial charge in [0.1, 0.15) is 0 Å². The summed E-state index contributed by atoms with van der Waals surface area (Å²) in [6, 6.07) is 0. The second-order valence-corrected chi connectivity index (χ2v) is 7.32. The first-order valence-corrected chi connectivity index (χ1v) is 7.76. The van der Waals surface area contributed by atoms with Crippen molar-refractivity contribution in [2.24, 2.45) is 11.3 Å². The quantitative estimate of drug-likeness (QED) is 0.827. The first-order valence-electron chi connectivity index (χ1n) is 7.76. The van der Waals surface area contributed by atoms with Crippen LogP contribution in [-0.4, -0.2) is 23.4 Å². The first-order chi connectivity index (χ1) is 8.44. The van der Waals surface area contributed by atoms with Crippen LogP contribution in [0.5, 0.6) is 0 Å². The minimum atomic E-state index is -0.190. The average molecular weight is 254 g/mol. The molecule has 1 aliphatic carbocycles. The van der Waals surface area contributed by atoms with E-state index in [1.54, 1.807) is 0 Å². The van der Waals surface area contributed by atoms with Crippen molar-refractivity contribution in [3.05, 3.63) is 0 Å². The summed E-state index contributed by atoms with van der Waals surface area (Å²) in [6.07, 6.45) is 9.68. The molecule has 1 aliphatic heterocycles. The second kappa shape index (κ2) is 5.50. The third-order valence-corrected chi connectivity index (χ3v) is 5.18. The van der Waals surface area contributed by atoms with Crippen LogP contribution in [0.3, 0.4) is 0 Å². The number of aliphatic hydroxyl groups excluding tert-OH is 1. The summed E-state index contributed by atoms with van der Waals surface area (Å²) in [5, 5.41) is 9.69. The maximum absolute atomic E-state index is 9.69. The van der Waals surface area contributed by atoms with Crippen molar-refractivity contribution in [1.82, 2.24) is 0 Å². The molecule has 0 aromatic carbocycles. The number of aliphatic hydroxyl groups is 1. The maximum atomic E-state index is 9.69. The predicted molar refractivity (Wildman–Crippen MR) is 74.6 cm³/mol. The molecule has 1 saturated carbocycles. The van der Waals surface area contributed by atoms with Gasteiger partial charge in [-0.05, 0) is 50.4 Å². The maximum Gasteiger partial charge on any atom is 0.0685 e. The lowest BCUT2D eigenvalue weighted by molar-refractivity contribution is -0.136. The lowest BCUT2D eigenvalue weighted by atomic mass is 9.65. The fourth-order valence-electron chi connectivity index (χ4n) is 4.17. The molecule has 0 bridgehead atoms. The molecule has 1 N–H and O–H groups in total. The Kier molecular flexibility index (Phi) is 4.38. The fraction of sp³-hybridized carbons (Fsp3) is 1.00. The second-order valence-electron chi connectivity index (χ2n) is 7.32. The Bertz CT molecular complexity index is 259. The Morgan fingerprint density at radius 1 is 1.28 bits per heavy atom. The van der Waals surface area contributed by atoms with Gasteiger partial charge < -0.3 is 9.84 Å². The van der Waals surface area contributed by atoms with E-state index in [1.807, 2.05) is 6.92 Å². The van der Waals surface area contributed by atoms with Gasteiger partial charge in [0.15, 0.2) is 0 Å². The lowest BCUT2D eigenvalue weighted by Gasteiger charge is -2.48. The van der Waals surface area contributed by atoms with Crippen molar-refractivity contribution in [3.63, 3.8) is 0 Å². The van der Waals surface area contributed by atoms with Gasteiger partial charge in [-0.2, -0.15) is 0 Å². The molecule has 2 unspecified atom stereocenters. The van der Waals surface area contributed by atoms with Crippen LogP contribution in [0.4, 0.5) is 0 Å². The molecule has 2 atom stereocenters. The molecule has 2 heteroatoms. The molecule has 2 aliphatic rings. The third-order valence-electron chi connectivity index (χ3n) is 5.18. The summed E-state index contributed by atoms with van der Waals surface area (Å²) in [5.41, 5.74) is 0.430. The molecule has 2 rings (SSSR count). The van der Waals surface area contributed by atoms with Gasteiger partial charge in [0, 0.05) is 6.61 Å². The minimum Gasteiger partial charge on any atom is -0.393 e. The van der Waals surface area contributed by atoms with Crippen molar-refractivity contribution in [2.45, 2.75) is 83.8 Å². The Morgan fingerprint density at radius 3 is 2.56 bits per heavy atom. The molecule has 18 heavy (non-hydrogen) atoms. The predicted octanol–water partition coefficient (Wildman–Crippen LogP) is 3.91. The van der Waals surface area contributed by atoms with Crippen molar-refractivity contribution >= 4 is 0 Å². The highest BCUT2D eigenvalue weighted by molar-refractivity contribution is 4.94. The van der Waals surface area contributed by atoms with Gasteiger partial charge in [-0.3, -0.25) is 0 Å². The lowest BCUT2D eigenvalue weighted by Crippen LogP contribution is -2.45. The Hall–Kier alpha value is -0.0800. The number of hydrogen-bond acceptors (Lipinski definition) is 2. The zero-order chi connectivity index (χ0) is 13.2. The summed E-state index contributed by atoms with van der Waals surface area (Å²) < 4.78 is 6.17. The van der Waals surface area contributed by atoms with Crippen LogP contribution in [0.25, 0.3) is 0 Å². The van der Waals surface area contributed by atoms with Gasteiger partial charge in [0.2, 0.25) is 0 Å². The molecular weight excluding hydrogens is 224 g/mol. The SMILES string of the molecule is CC(O)CC(C)(C)C1CCOC2(CCCCC2)C1. The van der Waals surface area contributed by atoms with E-state index in [0.29, 0.717) is 5.92 Å². The monoisotopic (exact) mass is 254 g/mol. The summed E-state index contributed by atoms with van der Waals surface area (Å²) in [7, 11) is 0. The number of ether oxygens (including phenoxy) is 1. The summed E-state index contributed by atoms with van der Waals surface area (Å²) >= 11 is 0. The molecule has 0 aromatic rings. The molecule has 0 aromatic heterocycles. The van der Waals surface area contributed by atoms with Crippen LogP contribution >= 0.6 is 0 Å². The standard InChI is InChI=1S/C16H30O2/c1-13(17)11-15(2,3)14-7-10-18-16(12-14)8-5-4-6-9-16/h13-14,17H,4-12H2,1-3H3. The van der Waals surface area contributed by atoms with E-state index in [9.17, 15) is 5.11 Å². The van der Waals surface area contributed by atoms with Crippen LogP contribution in [0.2, 0.25) is 0 Å². The van der Waals surface area contributed by atoms with Crippen LogP contribution in [0.15, 0.2) is 0 Å². The van der Waals surface area contributed by atoms with E-state index in [4.69, 9.17) is 4.74 Å². The van der Waals surface area contributed by atoms with Gasteiger partial charge in [0.25, 0.3) is 0 Å². The number of hydrogen-bond donors (Lipinski definition) is 1. The molecule has 2 fully saturated rings. The largest absolute Gasteiger partial charge is 0.393 e. The van der Waals surface area contributed by atoms with Crippen molar-refractivity contribution in [1.29, 1.82) is 0 Å². The van der Waals surface area contributed by atoms with Crippen LogP contribution in [-0.2, 0) is 4.74 Å². The highest BCUT2D eigenvalue weighted by Gasteiger charge is 2.43. The van der Waals surface area contributed by atoms with Crippen LogP contribution < -0.4 is 0 Å². The summed E-state index contributed by atoms with van der Waals surface area (Å²) in [4.78, 5) is 0. The van der Waals surface area contributed by atoms with Crippen molar-refractivity contribution < 1.29 is 9.84 Å². The van der Waals surface area contributed by atoms with Gasteiger partial charge in [-0.1, -0.05) is 33.1 Å². The molecule has 0 amide bonds. The van der Waals surface area contributed by atoms with E-state index in [-0.39, 0.29) is 17.1 Å². The summed E-state index contributed by atoms with van der Waals surface area (Å²) in [5.74, 6) is 0.707. The fourth-order valence-corrected chi connectivity index (χ4v) is 4.17. The van der Waals surface area contributed by atoms with E-state index < -0.39 is 0 Å². The molecule has 1 heterocycles. The third kappa shape index (κ3) is 3.27. The highest BCUT2D eigenvalue weighted by atomic mass is 16.5. The molecule has 2 nitrogen and oxygen atoms in total. The van der Waals surface area contributed by atoms with E-state index in [2.05, 4.69) is 13.8 Å². The average Bonchev–Trinajstić information content (AvgIpc) is 2.28. The molecule has 106 valence electrons. The number of rotatable bonds is 3. The Balaban J connectivity index is 2.01. The first kappa shape index (κ1) is 14.3. The van der Waals surface area contributed by atoms with Crippen molar-refractivity contribution in [2.75, 3.05) is 6.61 Å². The normalized spacial score (nSPS) is 30.3. The molecule has 1 saturated heterocycles. The Morgan fingerprint density at radius 2 is 1.94 bits per heavy atom. The summed E-state index contributed by atoms with van der Waals surface area (Å²) in [6.45, 7) is 7.49. The molecular formula is C16H30O2. The zero-order valence-electron chi connectivity index (χ0n) is 12.4. The minimum absolute atomic E-state index is 0.190. The highest BCUT2D eigenvalue weighted by Crippen LogP contribution is 2.47. The van der Waals surface area contributed by atoms with E-state index in [1.165, 1.54) is 44.9 Å².